The van der Waals surface area contributed by atoms with Gasteiger partial charge in [0, 0.05) is 19.2 Å². The Bertz CT molecular complexity index is 417. The largest absolute Gasteiger partial charge is 0.496 e. The van der Waals surface area contributed by atoms with E-state index in [0.29, 0.717) is 18.8 Å². The molecule has 1 N–H and O–H groups in total. The van der Waals surface area contributed by atoms with E-state index in [1.165, 1.54) is 13.2 Å². The van der Waals surface area contributed by atoms with Crippen LogP contribution in [0.15, 0.2) is 18.2 Å². The molecule has 0 amide bonds. The number of ether oxygens (including phenoxy) is 1. The van der Waals surface area contributed by atoms with E-state index in [2.05, 4.69) is 11.8 Å². The van der Waals surface area contributed by atoms with Crippen LogP contribution in [0.3, 0.4) is 0 Å². The summed E-state index contributed by atoms with van der Waals surface area (Å²) in [7, 11) is 1.49. The van der Waals surface area contributed by atoms with Crippen molar-refractivity contribution in [2.45, 2.75) is 19.9 Å². The first-order valence-electron chi connectivity index (χ1n) is 6.26. The summed E-state index contributed by atoms with van der Waals surface area (Å²) in [4.78, 5) is 12.5. The van der Waals surface area contributed by atoms with Crippen molar-refractivity contribution >= 4 is 5.69 Å². The van der Waals surface area contributed by atoms with Crippen molar-refractivity contribution in [3.8, 4) is 5.75 Å². The maximum Gasteiger partial charge on any atom is 0.273 e. The number of hydrogen-bond acceptors (Lipinski definition) is 5. The molecule has 6 heteroatoms. The van der Waals surface area contributed by atoms with Crippen LogP contribution >= 0.6 is 0 Å². The van der Waals surface area contributed by atoms with Crippen molar-refractivity contribution in [1.82, 2.24) is 4.90 Å². The molecule has 1 rings (SSSR count). The lowest BCUT2D eigenvalue weighted by molar-refractivity contribution is -0.385. The van der Waals surface area contributed by atoms with Crippen LogP contribution < -0.4 is 4.74 Å². The lowest BCUT2D eigenvalue weighted by atomic mass is 10.1. The second-order valence-corrected chi connectivity index (χ2v) is 4.30. The van der Waals surface area contributed by atoms with E-state index in [1.54, 1.807) is 12.1 Å². The molecule has 106 valence electrons. The molecule has 0 aliphatic heterocycles. The van der Waals surface area contributed by atoms with E-state index in [4.69, 9.17) is 9.84 Å². The zero-order valence-corrected chi connectivity index (χ0v) is 11.3. The molecule has 0 unspecified atom stereocenters. The highest BCUT2D eigenvalue weighted by Gasteiger charge is 2.12. The van der Waals surface area contributed by atoms with E-state index in [1.807, 2.05) is 0 Å². The van der Waals surface area contributed by atoms with Gasteiger partial charge < -0.3 is 9.84 Å². The van der Waals surface area contributed by atoms with Gasteiger partial charge in [-0.1, -0.05) is 6.92 Å². The summed E-state index contributed by atoms with van der Waals surface area (Å²) >= 11 is 0. The molecule has 6 nitrogen and oxygen atoms in total. The van der Waals surface area contributed by atoms with E-state index in [0.717, 1.165) is 18.5 Å². The topological polar surface area (TPSA) is 75.8 Å². The first-order valence-corrected chi connectivity index (χ1v) is 6.26. The predicted molar refractivity (Wildman–Crippen MR) is 72.3 cm³/mol. The van der Waals surface area contributed by atoms with Gasteiger partial charge in [-0.25, -0.2) is 0 Å². The molecule has 19 heavy (non-hydrogen) atoms. The molecular formula is C13H20N2O4. The number of aliphatic hydroxyl groups is 1. The van der Waals surface area contributed by atoms with Gasteiger partial charge in [-0.05, 0) is 24.6 Å². The summed E-state index contributed by atoms with van der Waals surface area (Å²) < 4.78 is 5.07. The smallest absolute Gasteiger partial charge is 0.273 e. The van der Waals surface area contributed by atoms with Gasteiger partial charge >= 0.3 is 0 Å². The Morgan fingerprint density at radius 2 is 2.11 bits per heavy atom. The molecule has 0 radical (unpaired) electrons. The number of nitro benzene ring substituents is 1. The van der Waals surface area contributed by atoms with Crippen LogP contribution in [0, 0.1) is 10.1 Å². The molecule has 0 heterocycles. The Morgan fingerprint density at radius 1 is 1.37 bits per heavy atom. The van der Waals surface area contributed by atoms with Crippen molar-refractivity contribution in [3.63, 3.8) is 0 Å². The summed E-state index contributed by atoms with van der Waals surface area (Å²) in [5, 5.41) is 19.9. The van der Waals surface area contributed by atoms with Crippen LogP contribution in [-0.2, 0) is 6.54 Å². The SMILES string of the molecule is CCCN(CCO)Cc1cc(OC)cc([N+](=O)[O-])c1. The predicted octanol–water partition coefficient (Wildman–Crippen LogP) is 1.81. The molecule has 0 saturated heterocycles. The molecule has 0 aliphatic rings. The molecule has 1 aromatic carbocycles. The van der Waals surface area contributed by atoms with Crippen LogP contribution in [-0.4, -0.2) is 41.7 Å². The first kappa shape index (κ1) is 15.4. The van der Waals surface area contributed by atoms with E-state index >= 15 is 0 Å². The standard InChI is InChI=1S/C13H20N2O4/c1-3-4-14(5-6-16)10-11-7-12(15(17)18)9-13(8-11)19-2/h7-9,16H,3-6,10H2,1-2H3. The highest BCUT2D eigenvalue weighted by molar-refractivity contribution is 5.42. The van der Waals surface area contributed by atoms with Gasteiger partial charge in [0.25, 0.3) is 5.69 Å². The Hall–Kier alpha value is -1.66. The third kappa shape index (κ3) is 4.84. The van der Waals surface area contributed by atoms with Crippen molar-refractivity contribution in [3.05, 3.63) is 33.9 Å². The van der Waals surface area contributed by atoms with Crippen LogP contribution in [0.4, 0.5) is 5.69 Å². The van der Waals surface area contributed by atoms with Crippen molar-refractivity contribution in [2.24, 2.45) is 0 Å². The van der Waals surface area contributed by atoms with E-state index in [9.17, 15) is 10.1 Å². The molecular weight excluding hydrogens is 248 g/mol. The molecule has 0 bridgehead atoms. The second-order valence-electron chi connectivity index (χ2n) is 4.30. The van der Waals surface area contributed by atoms with Gasteiger partial charge in [0.05, 0.1) is 24.7 Å². The van der Waals surface area contributed by atoms with Crippen molar-refractivity contribution < 1.29 is 14.8 Å². The Kier molecular flexibility index (Phi) is 6.24. The van der Waals surface area contributed by atoms with Gasteiger partial charge in [-0.3, -0.25) is 15.0 Å². The number of nitrogens with zero attached hydrogens (tertiary/aromatic N) is 2. The van der Waals surface area contributed by atoms with Gasteiger partial charge in [0.2, 0.25) is 0 Å². The highest BCUT2D eigenvalue weighted by Crippen LogP contribution is 2.23. The minimum Gasteiger partial charge on any atom is -0.496 e. The average molecular weight is 268 g/mol. The molecule has 0 aliphatic carbocycles. The third-order valence-electron chi connectivity index (χ3n) is 2.76. The summed E-state index contributed by atoms with van der Waals surface area (Å²) in [6.45, 7) is 4.08. The number of non-ortho nitro benzene ring substituents is 1. The molecule has 0 spiro atoms. The first-order chi connectivity index (χ1) is 9.10. The monoisotopic (exact) mass is 268 g/mol. The fraction of sp³-hybridized carbons (Fsp3) is 0.538. The van der Waals surface area contributed by atoms with Gasteiger partial charge in [0.1, 0.15) is 5.75 Å². The average Bonchev–Trinajstić information content (AvgIpc) is 2.38. The minimum absolute atomic E-state index is 0.0230. The molecule has 0 aromatic heterocycles. The molecule has 0 saturated carbocycles. The highest BCUT2D eigenvalue weighted by atomic mass is 16.6. The number of hydrogen-bond donors (Lipinski definition) is 1. The van der Waals surface area contributed by atoms with E-state index in [-0.39, 0.29) is 12.3 Å². The zero-order chi connectivity index (χ0) is 14.3. The molecule has 0 fully saturated rings. The normalized spacial score (nSPS) is 10.7. The van der Waals surface area contributed by atoms with Crippen molar-refractivity contribution in [1.29, 1.82) is 0 Å². The maximum atomic E-state index is 10.9. The van der Waals surface area contributed by atoms with Crippen LogP contribution in [0.5, 0.6) is 5.75 Å². The van der Waals surface area contributed by atoms with Gasteiger partial charge in [0.15, 0.2) is 0 Å². The maximum absolute atomic E-state index is 10.9. The lowest BCUT2D eigenvalue weighted by Gasteiger charge is -2.20. The zero-order valence-electron chi connectivity index (χ0n) is 11.3. The fourth-order valence-corrected chi connectivity index (χ4v) is 1.94. The number of rotatable bonds is 8. The van der Waals surface area contributed by atoms with Crippen LogP contribution in [0.2, 0.25) is 0 Å². The lowest BCUT2D eigenvalue weighted by Crippen LogP contribution is -2.27. The van der Waals surface area contributed by atoms with Crippen molar-refractivity contribution in [2.75, 3.05) is 26.8 Å². The quantitative estimate of drug-likeness (QED) is 0.575. The fourth-order valence-electron chi connectivity index (χ4n) is 1.94. The summed E-state index contributed by atoms with van der Waals surface area (Å²) in [6, 6.07) is 4.73. The summed E-state index contributed by atoms with van der Waals surface area (Å²) in [5.74, 6) is 0.477. The second kappa shape index (κ2) is 7.70. The van der Waals surface area contributed by atoms with Gasteiger partial charge in [-0.15, -0.1) is 0 Å². The Balaban J connectivity index is 2.91. The molecule has 1 aromatic rings. The number of benzene rings is 1. The number of nitro groups is 1. The number of methoxy groups -OCH3 is 1. The summed E-state index contributed by atoms with van der Waals surface area (Å²) in [5.41, 5.74) is 0.836. The minimum atomic E-state index is -0.428. The summed E-state index contributed by atoms with van der Waals surface area (Å²) in [6.07, 6.45) is 0.964. The number of aliphatic hydroxyl groups excluding tert-OH is 1. The Labute approximate surface area is 112 Å². The van der Waals surface area contributed by atoms with E-state index < -0.39 is 4.92 Å². The van der Waals surface area contributed by atoms with Crippen LogP contribution in [0.1, 0.15) is 18.9 Å². The molecule has 0 atom stereocenters. The van der Waals surface area contributed by atoms with Gasteiger partial charge in [-0.2, -0.15) is 0 Å². The Morgan fingerprint density at radius 3 is 2.63 bits per heavy atom. The van der Waals surface area contributed by atoms with Crippen LogP contribution in [0.25, 0.3) is 0 Å². The third-order valence-corrected chi connectivity index (χ3v) is 2.76.